The predicted octanol–water partition coefficient (Wildman–Crippen LogP) is 4.40. The monoisotopic (exact) mass is 400 g/mol. The minimum Gasteiger partial charge on any atom is -0.467 e. The van der Waals surface area contributed by atoms with Crippen LogP contribution in [0, 0.1) is 11.2 Å². The van der Waals surface area contributed by atoms with Crippen molar-refractivity contribution in [2.75, 3.05) is 13.1 Å². The van der Waals surface area contributed by atoms with Crippen LogP contribution < -0.4 is 0 Å². The van der Waals surface area contributed by atoms with E-state index in [1.807, 2.05) is 20.8 Å². The Balaban J connectivity index is 2.16. The topological polar surface area (TPSA) is 53.8 Å². The zero-order chi connectivity index (χ0) is 21.4. The molecule has 5 nitrogen and oxygen atoms in total. The molecule has 0 radical (unpaired) electrons. The molecular weight excluding hydrogens is 371 g/mol. The van der Waals surface area contributed by atoms with E-state index in [4.69, 9.17) is 4.42 Å². The van der Waals surface area contributed by atoms with Gasteiger partial charge in [0.05, 0.1) is 12.8 Å². The van der Waals surface area contributed by atoms with Crippen molar-refractivity contribution in [2.24, 2.45) is 5.41 Å². The number of benzene rings is 1. The van der Waals surface area contributed by atoms with E-state index in [-0.39, 0.29) is 42.7 Å². The lowest BCUT2D eigenvalue weighted by atomic mass is 9.91. The van der Waals surface area contributed by atoms with Crippen molar-refractivity contribution in [2.45, 2.75) is 40.3 Å². The minimum atomic E-state index is -0.331. The summed E-state index contributed by atoms with van der Waals surface area (Å²) in [6.07, 6.45) is 3.50. The zero-order valence-corrected chi connectivity index (χ0v) is 17.4. The number of halogens is 1. The van der Waals surface area contributed by atoms with Gasteiger partial charge in [0.25, 0.3) is 0 Å². The van der Waals surface area contributed by atoms with E-state index in [0.717, 1.165) is 5.56 Å². The number of rotatable bonds is 9. The first-order chi connectivity index (χ1) is 13.7. The Labute approximate surface area is 171 Å². The quantitative estimate of drug-likeness (QED) is 0.586. The van der Waals surface area contributed by atoms with Crippen LogP contribution in [0.3, 0.4) is 0 Å². The van der Waals surface area contributed by atoms with Crippen molar-refractivity contribution >= 4 is 11.8 Å². The van der Waals surface area contributed by atoms with Crippen molar-refractivity contribution in [1.82, 2.24) is 9.80 Å². The molecule has 0 aliphatic rings. The highest BCUT2D eigenvalue weighted by Gasteiger charge is 2.25. The number of carbonyl (C=O) groups is 2. The zero-order valence-electron chi connectivity index (χ0n) is 17.4. The second-order valence-electron chi connectivity index (χ2n) is 8.26. The number of nitrogens with zero attached hydrogens (tertiary/aromatic N) is 2. The van der Waals surface area contributed by atoms with Crippen molar-refractivity contribution in [1.29, 1.82) is 0 Å². The summed E-state index contributed by atoms with van der Waals surface area (Å²) in [5.41, 5.74) is 0.615. The molecule has 0 unspecified atom stereocenters. The van der Waals surface area contributed by atoms with E-state index >= 15 is 0 Å². The Morgan fingerprint density at radius 2 is 1.76 bits per heavy atom. The molecule has 1 aromatic carbocycles. The van der Waals surface area contributed by atoms with E-state index in [2.05, 4.69) is 6.58 Å². The molecule has 0 atom stereocenters. The van der Waals surface area contributed by atoms with Gasteiger partial charge < -0.3 is 14.2 Å². The second-order valence-corrected chi connectivity index (χ2v) is 8.26. The number of hydrogen-bond acceptors (Lipinski definition) is 3. The largest absolute Gasteiger partial charge is 0.467 e. The van der Waals surface area contributed by atoms with Gasteiger partial charge in [0, 0.05) is 19.5 Å². The van der Waals surface area contributed by atoms with Crippen LogP contribution in [0.5, 0.6) is 0 Å². The van der Waals surface area contributed by atoms with Crippen LogP contribution in [0.15, 0.2) is 59.7 Å². The Bertz CT molecular complexity index is 808. The van der Waals surface area contributed by atoms with Crippen LogP contribution in [0.4, 0.5) is 4.39 Å². The molecule has 29 heavy (non-hydrogen) atoms. The van der Waals surface area contributed by atoms with Crippen LogP contribution in [0.1, 0.15) is 38.5 Å². The summed E-state index contributed by atoms with van der Waals surface area (Å²) < 4.78 is 18.6. The third-order valence-corrected chi connectivity index (χ3v) is 4.28. The van der Waals surface area contributed by atoms with Gasteiger partial charge in [-0.2, -0.15) is 0 Å². The number of furan rings is 1. The summed E-state index contributed by atoms with van der Waals surface area (Å²) in [5, 5.41) is 0. The van der Waals surface area contributed by atoms with Gasteiger partial charge in [-0.1, -0.05) is 39.0 Å². The van der Waals surface area contributed by atoms with Crippen molar-refractivity contribution in [3.05, 3.63) is 72.5 Å². The number of carbonyl (C=O) groups excluding carboxylic acids is 2. The van der Waals surface area contributed by atoms with E-state index in [1.54, 1.807) is 41.5 Å². The second kappa shape index (κ2) is 10.0. The van der Waals surface area contributed by atoms with Gasteiger partial charge >= 0.3 is 0 Å². The highest BCUT2D eigenvalue weighted by atomic mass is 19.1. The molecule has 0 saturated carbocycles. The van der Waals surface area contributed by atoms with Gasteiger partial charge in [-0.3, -0.25) is 9.59 Å². The Hall–Kier alpha value is -2.89. The first-order valence-corrected chi connectivity index (χ1v) is 9.61. The van der Waals surface area contributed by atoms with E-state index in [9.17, 15) is 14.0 Å². The highest BCUT2D eigenvalue weighted by Crippen LogP contribution is 2.20. The molecule has 6 heteroatoms. The van der Waals surface area contributed by atoms with Gasteiger partial charge in [0.15, 0.2) is 0 Å². The van der Waals surface area contributed by atoms with Gasteiger partial charge in [-0.25, -0.2) is 4.39 Å². The van der Waals surface area contributed by atoms with E-state index in [0.29, 0.717) is 18.7 Å². The van der Waals surface area contributed by atoms with Gasteiger partial charge in [-0.05, 0) is 35.2 Å². The third kappa shape index (κ3) is 7.56. The fraction of sp³-hybridized carbons (Fsp3) is 0.391. The maximum Gasteiger partial charge on any atom is 0.242 e. The van der Waals surface area contributed by atoms with Gasteiger partial charge in [-0.15, -0.1) is 6.58 Å². The van der Waals surface area contributed by atoms with Crippen LogP contribution in [0.2, 0.25) is 0 Å². The molecule has 2 rings (SSSR count). The van der Waals surface area contributed by atoms with Crippen LogP contribution >= 0.6 is 0 Å². The molecule has 2 amide bonds. The summed E-state index contributed by atoms with van der Waals surface area (Å²) in [4.78, 5) is 28.9. The maximum absolute atomic E-state index is 13.2. The molecule has 1 heterocycles. The molecule has 0 aliphatic carbocycles. The average Bonchev–Trinajstić information content (AvgIpc) is 3.14. The van der Waals surface area contributed by atoms with Gasteiger partial charge in [0.1, 0.15) is 18.1 Å². The third-order valence-electron chi connectivity index (χ3n) is 4.28. The standard InChI is InChI=1S/C23H29FN2O3/c1-5-12-25(21(27)14-23(2,3)4)17-22(28)26(16-20-7-6-13-29-20)15-18-8-10-19(24)11-9-18/h5-11,13H,1,12,14-17H2,2-4H3. The van der Waals surface area contributed by atoms with Gasteiger partial charge in [0.2, 0.25) is 11.8 Å². The smallest absolute Gasteiger partial charge is 0.242 e. The normalized spacial score (nSPS) is 11.2. The SMILES string of the molecule is C=CCN(CC(=O)N(Cc1ccc(F)cc1)Cc1ccco1)C(=O)CC(C)(C)C. The molecule has 0 bridgehead atoms. The fourth-order valence-electron chi connectivity index (χ4n) is 2.87. The number of amides is 2. The van der Waals surface area contributed by atoms with Crippen molar-refractivity contribution in [3.63, 3.8) is 0 Å². The maximum atomic E-state index is 13.2. The first-order valence-electron chi connectivity index (χ1n) is 9.61. The van der Waals surface area contributed by atoms with Crippen LogP contribution in [-0.2, 0) is 22.7 Å². The van der Waals surface area contributed by atoms with Crippen molar-refractivity contribution < 1.29 is 18.4 Å². The molecule has 0 N–H and O–H groups in total. The molecule has 156 valence electrons. The fourth-order valence-corrected chi connectivity index (χ4v) is 2.87. The van der Waals surface area contributed by atoms with E-state index in [1.165, 1.54) is 17.0 Å². The lowest BCUT2D eigenvalue weighted by Gasteiger charge is -2.28. The molecule has 1 aromatic heterocycles. The van der Waals surface area contributed by atoms with Crippen LogP contribution in [-0.4, -0.2) is 34.7 Å². The molecule has 0 fully saturated rings. The minimum absolute atomic E-state index is 0.0527. The molecule has 0 aliphatic heterocycles. The Kier molecular flexibility index (Phi) is 7.76. The molecule has 2 aromatic rings. The average molecular weight is 400 g/mol. The summed E-state index contributed by atoms with van der Waals surface area (Å²) in [6, 6.07) is 9.56. The Morgan fingerprint density at radius 1 is 1.07 bits per heavy atom. The van der Waals surface area contributed by atoms with E-state index < -0.39 is 0 Å². The lowest BCUT2D eigenvalue weighted by molar-refractivity contribution is -0.142. The Morgan fingerprint density at radius 3 is 2.31 bits per heavy atom. The number of hydrogen-bond donors (Lipinski definition) is 0. The summed E-state index contributed by atoms with van der Waals surface area (Å²) in [6.45, 7) is 10.4. The molecule has 0 spiro atoms. The van der Waals surface area contributed by atoms with Crippen LogP contribution in [0.25, 0.3) is 0 Å². The molecular formula is C23H29FN2O3. The first kappa shape index (κ1) is 22.4. The van der Waals surface area contributed by atoms with Crippen molar-refractivity contribution in [3.8, 4) is 0 Å². The molecule has 0 saturated heterocycles. The predicted molar refractivity (Wildman–Crippen MR) is 110 cm³/mol. The highest BCUT2D eigenvalue weighted by molar-refractivity contribution is 5.85. The lowest BCUT2D eigenvalue weighted by Crippen LogP contribution is -2.43. The summed E-state index contributed by atoms with van der Waals surface area (Å²) in [5.74, 6) is -0.000313. The summed E-state index contributed by atoms with van der Waals surface area (Å²) in [7, 11) is 0. The summed E-state index contributed by atoms with van der Waals surface area (Å²) >= 11 is 0.